The van der Waals surface area contributed by atoms with E-state index in [1.165, 1.54) is 6.92 Å². The number of hydrogen-bond donors (Lipinski definition) is 3. The molecule has 0 fully saturated rings. The van der Waals surface area contributed by atoms with Gasteiger partial charge in [0.05, 0.1) is 18.0 Å². The van der Waals surface area contributed by atoms with Crippen LogP contribution in [0.3, 0.4) is 0 Å². The number of nitrogens with one attached hydrogen (secondary N) is 1. The van der Waals surface area contributed by atoms with Crippen LogP contribution in [0.25, 0.3) is 0 Å². The highest BCUT2D eigenvalue weighted by atomic mass is 32.3. The molecule has 164 valence electrons. The van der Waals surface area contributed by atoms with E-state index >= 15 is 0 Å². The summed E-state index contributed by atoms with van der Waals surface area (Å²) in [4.78, 5) is 13.3. The number of Topliss-reactive ketones (excluding diaryl/α,β-unsaturated/α-hetero) is 1. The lowest BCUT2D eigenvalue weighted by Crippen LogP contribution is -2.57. The molecule has 0 amide bonds. The van der Waals surface area contributed by atoms with E-state index < -0.39 is 21.4 Å². The van der Waals surface area contributed by atoms with Crippen molar-refractivity contribution in [2.75, 3.05) is 7.11 Å². The van der Waals surface area contributed by atoms with Gasteiger partial charge in [-0.25, -0.2) is 0 Å². The van der Waals surface area contributed by atoms with Crippen molar-refractivity contribution in [1.82, 2.24) is 5.32 Å². The van der Waals surface area contributed by atoms with Gasteiger partial charge in [-0.1, -0.05) is 57.0 Å². The highest BCUT2D eigenvalue weighted by Gasteiger charge is 2.52. The summed E-state index contributed by atoms with van der Waals surface area (Å²) in [6.07, 6.45) is 3.15. The summed E-state index contributed by atoms with van der Waals surface area (Å²) in [5.74, 6) is 0.444. The second-order valence-electron chi connectivity index (χ2n) is 8.09. The fourth-order valence-electron chi connectivity index (χ4n) is 4.72. The molecule has 1 aliphatic heterocycles. The third-order valence-corrected chi connectivity index (χ3v) is 8.68. The maximum absolute atomic E-state index is 12.9. The van der Waals surface area contributed by atoms with Gasteiger partial charge in [0.25, 0.3) is 0 Å². The Morgan fingerprint density at radius 1 is 1.17 bits per heavy atom. The number of rotatable bonds is 7. The second kappa shape index (κ2) is 9.10. The molecule has 2 aromatic rings. The van der Waals surface area contributed by atoms with Crippen molar-refractivity contribution >= 4 is 16.4 Å². The van der Waals surface area contributed by atoms with Crippen molar-refractivity contribution < 1.29 is 18.6 Å². The maximum atomic E-state index is 12.9. The van der Waals surface area contributed by atoms with Gasteiger partial charge in [0, 0.05) is 11.1 Å². The van der Waals surface area contributed by atoms with Gasteiger partial charge in [0.1, 0.15) is 11.0 Å². The lowest BCUT2D eigenvalue weighted by atomic mass is 9.82. The van der Waals surface area contributed by atoms with Crippen LogP contribution in [0.15, 0.2) is 53.4 Å². The fraction of sp³-hybridized carbons (Fsp3) is 0.458. The number of unbranched alkanes of at least 4 members (excludes halogenated alkanes) is 1. The molecule has 0 aromatic heterocycles. The van der Waals surface area contributed by atoms with Gasteiger partial charge in [-0.05, 0) is 43.5 Å². The molecule has 6 heteroatoms. The molecule has 30 heavy (non-hydrogen) atoms. The van der Waals surface area contributed by atoms with Crippen LogP contribution in [0.1, 0.15) is 63.6 Å². The first-order valence-electron chi connectivity index (χ1n) is 10.6. The zero-order valence-electron chi connectivity index (χ0n) is 18.2. The van der Waals surface area contributed by atoms with E-state index in [2.05, 4.69) is 12.2 Å². The fourth-order valence-corrected chi connectivity index (χ4v) is 7.21. The molecule has 5 nitrogen and oxygen atoms in total. The van der Waals surface area contributed by atoms with Crippen molar-refractivity contribution in [3.8, 4) is 5.75 Å². The summed E-state index contributed by atoms with van der Waals surface area (Å²) in [5.41, 5.74) is 1.03. The molecule has 0 radical (unpaired) electrons. The van der Waals surface area contributed by atoms with Crippen LogP contribution >= 0.6 is 10.6 Å². The Hall–Kier alpha value is -1.86. The van der Waals surface area contributed by atoms with Crippen LogP contribution < -0.4 is 10.1 Å². The van der Waals surface area contributed by atoms with Crippen LogP contribution in [0.2, 0.25) is 0 Å². The van der Waals surface area contributed by atoms with E-state index in [1.54, 1.807) is 19.2 Å². The minimum Gasteiger partial charge on any atom is -0.497 e. The van der Waals surface area contributed by atoms with Gasteiger partial charge in [-0.3, -0.25) is 19.2 Å². The molecule has 0 bridgehead atoms. The Balaban J connectivity index is 2.32. The van der Waals surface area contributed by atoms with Gasteiger partial charge >= 0.3 is 0 Å². The molecule has 1 unspecified atom stereocenters. The molecule has 1 heterocycles. The molecule has 0 aliphatic carbocycles. The number of hydrogen-bond acceptors (Lipinski definition) is 5. The molecular weight excluding hydrogens is 398 g/mol. The second-order valence-corrected chi connectivity index (χ2v) is 10.2. The number of carbonyl (C=O) groups excluding carboxylic acids is 1. The maximum Gasteiger partial charge on any atom is 0.154 e. The molecule has 3 atom stereocenters. The third-order valence-electron chi connectivity index (χ3n) is 6.22. The Labute approximate surface area is 181 Å². The first-order chi connectivity index (χ1) is 14.3. The summed E-state index contributed by atoms with van der Waals surface area (Å²) in [6, 6.07) is 15.0. The Morgan fingerprint density at radius 2 is 1.87 bits per heavy atom. The number of methoxy groups -OCH3 is 1. The highest BCUT2D eigenvalue weighted by Crippen LogP contribution is 2.62. The van der Waals surface area contributed by atoms with Crippen molar-refractivity contribution in [1.29, 1.82) is 0 Å². The summed E-state index contributed by atoms with van der Waals surface area (Å²) in [7, 11) is -1.81. The van der Waals surface area contributed by atoms with Crippen LogP contribution in [0.4, 0.5) is 0 Å². The summed E-state index contributed by atoms with van der Waals surface area (Å²) >= 11 is 0. The predicted molar refractivity (Wildman–Crippen MR) is 123 cm³/mol. The number of benzene rings is 2. The molecule has 3 rings (SSSR count). The molecule has 0 saturated heterocycles. The van der Waals surface area contributed by atoms with Crippen LogP contribution in [0, 0.1) is 0 Å². The molecule has 1 aliphatic rings. The van der Waals surface area contributed by atoms with Crippen LogP contribution in [0.5, 0.6) is 5.75 Å². The Morgan fingerprint density at radius 3 is 2.43 bits per heavy atom. The number of ketones is 1. The van der Waals surface area contributed by atoms with E-state index in [0.29, 0.717) is 23.5 Å². The SMILES string of the molecule is CCCC[C@@]1(CC)N[C@H](c2ccccc2)c2cc(OC)ccc2S(O)(O)C1C(C)=O. The zero-order chi connectivity index (χ0) is 21.9. The lowest BCUT2D eigenvalue weighted by Gasteiger charge is -2.48. The number of ether oxygens (including phenoxy) is 1. The largest absolute Gasteiger partial charge is 0.497 e. The van der Waals surface area contributed by atoms with Gasteiger partial charge in [0.15, 0.2) is 5.78 Å². The Bertz CT molecular complexity index is 886. The van der Waals surface area contributed by atoms with Gasteiger partial charge in [-0.15, -0.1) is 0 Å². The molecule has 3 N–H and O–H groups in total. The van der Waals surface area contributed by atoms with Gasteiger partial charge < -0.3 is 4.74 Å². The summed E-state index contributed by atoms with van der Waals surface area (Å²) < 4.78 is 28.6. The summed E-state index contributed by atoms with van der Waals surface area (Å²) in [5, 5.41) is 2.83. The van der Waals surface area contributed by atoms with E-state index in [0.717, 1.165) is 24.0 Å². The average molecular weight is 432 g/mol. The van der Waals surface area contributed by atoms with Crippen LogP contribution in [-0.2, 0) is 4.79 Å². The first kappa shape index (κ1) is 22.8. The average Bonchev–Trinajstić information content (AvgIpc) is 2.83. The quantitative estimate of drug-likeness (QED) is 0.517. The molecule has 0 spiro atoms. The van der Waals surface area contributed by atoms with Crippen molar-refractivity contribution in [2.24, 2.45) is 0 Å². The standard InChI is InChI=1S/C24H33NO4S/c1-5-7-15-24(6-2)23(17(3)26)30(27,28)21-14-13-19(29-4)16-20(21)22(25-24)18-11-9-8-10-12-18/h8-14,16,22-23,25,27-28H,5-7,15H2,1-4H3/t22-,23?,24-/m1/s1. The molecule has 2 aromatic carbocycles. The van der Waals surface area contributed by atoms with Crippen molar-refractivity contribution in [3.05, 3.63) is 59.7 Å². The first-order valence-corrected chi connectivity index (χ1v) is 12.2. The van der Waals surface area contributed by atoms with E-state index in [4.69, 9.17) is 4.74 Å². The van der Waals surface area contributed by atoms with E-state index in [1.807, 2.05) is 43.3 Å². The minimum atomic E-state index is -3.40. The lowest BCUT2D eigenvalue weighted by molar-refractivity contribution is -0.118. The van der Waals surface area contributed by atoms with Crippen molar-refractivity contribution in [2.45, 2.75) is 68.2 Å². The predicted octanol–water partition coefficient (Wildman–Crippen LogP) is 5.79. The minimum absolute atomic E-state index is 0.198. The Kier molecular flexibility index (Phi) is 6.92. The number of fused-ring (bicyclic) bond motifs is 1. The summed E-state index contributed by atoms with van der Waals surface area (Å²) in [6.45, 7) is 5.60. The number of carbonyl (C=O) groups is 1. The normalized spacial score (nSPS) is 26.3. The van der Waals surface area contributed by atoms with Gasteiger partial charge in [0.2, 0.25) is 0 Å². The zero-order valence-corrected chi connectivity index (χ0v) is 19.0. The van der Waals surface area contributed by atoms with Crippen molar-refractivity contribution in [3.63, 3.8) is 0 Å². The molecular formula is C24H33NO4S. The van der Waals surface area contributed by atoms with E-state index in [-0.39, 0.29) is 11.8 Å². The highest BCUT2D eigenvalue weighted by molar-refractivity contribution is 8.25. The monoisotopic (exact) mass is 431 g/mol. The van der Waals surface area contributed by atoms with Gasteiger partial charge in [-0.2, -0.15) is 10.6 Å². The molecule has 0 saturated carbocycles. The topological polar surface area (TPSA) is 78.8 Å². The third kappa shape index (κ3) is 4.02. The smallest absolute Gasteiger partial charge is 0.154 e. The van der Waals surface area contributed by atoms with E-state index in [9.17, 15) is 13.9 Å². The van der Waals surface area contributed by atoms with Crippen LogP contribution in [-0.4, -0.2) is 32.8 Å².